The monoisotopic (exact) mass is 413 g/mol. The van der Waals surface area contributed by atoms with Gasteiger partial charge in [-0.25, -0.2) is 4.79 Å². The number of benzene rings is 1. The molecule has 0 spiro atoms. The molecule has 2 aliphatic heterocycles. The third kappa shape index (κ3) is 4.41. The maximum absolute atomic E-state index is 12.3. The number of likely N-dealkylation sites (tertiary alicyclic amines) is 2. The first kappa shape index (κ1) is 21.0. The Kier molecular flexibility index (Phi) is 5.66. The molecule has 2 aliphatic rings. The lowest BCUT2D eigenvalue weighted by molar-refractivity contribution is 0.0119. The van der Waals surface area contributed by atoms with Crippen molar-refractivity contribution in [2.24, 2.45) is 0 Å². The van der Waals surface area contributed by atoms with Crippen molar-refractivity contribution in [3.8, 4) is 0 Å². The molecule has 2 N–H and O–H groups in total. The summed E-state index contributed by atoms with van der Waals surface area (Å²) in [5.74, 6) is 0. The molecule has 0 radical (unpaired) electrons. The van der Waals surface area contributed by atoms with Gasteiger partial charge in [0.2, 0.25) is 0 Å². The molecule has 7 heteroatoms. The second-order valence-electron chi connectivity index (χ2n) is 9.77. The van der Waals surface area contributed by atoms with Gasteiger partial charge in [0, 0.05) is 49.0 Å². The third-order valence-corrected chi connectivity index (χ3v) is 6.45. The predicted molar refractivity (Wildman–Crippen MR) is 120 cm³/mol. The average molecular weight is 414 g/mol. The molecule has 0 aliphatic carbocycles. The number of nitrogens with two attached hydrogens (primary N) is 1. The Morgan fingerprint density at radius 2 is 1.70 bits per heavy atom. The minimum Gasteiger partial charge on any atom is -0.444 e. The number of piperidine rings is 2. The molecule has 3 heterocycles. The Morgan fingerprint density at radius 1 is 1.07 bits per heavy atom. The highest BCUT2D eigenvalue weighted by Gasteiger charge is 2.32. The molecule has 0 bridgehead atoms. The molecule has 0 unspecified atom stereocenters. The van der Waals surface area contributed by atoms with Crippen LogP contribution in [0.4, 0.5) is 10.5 Å². The van der Waals surface area contributed by atoms with E-state index < -0.39 is 5.60 Å². The van der Waals surface area contributed by atoms with Gasteiger partial charge in [-0.1, -0.05) is 0 Å². The minimum absolute atomic E-state index is 0.179. The number of anilines is 1. The zero-order valence-corrected chi connectivity index (χ0v) is 18.7. The van der Waals surface area contributed by atoms with Gasteiger partial charge < -0.3 is 20.3 Å². The number of rotatable bonds is 2. The van der Waals surface area contributed by atoms with Crippen molar-refractivity contribution < 1.29 is 9.53 Å². The van der Waals surface area contributed by atoms with Crippen LogP contribution in [0.2, 0.25) is 0 Å². The van der Waals surface area contributed by atoms with E-state index in [0.717, 1.165) is 68.5 Å². The molecule has 2 fully saturated rings. The summed E-state index contributed by atoms with van der Waals surface area (Å²) in [6.45, 7) is 11.6. The largest absolute Gasteiger partial charge is 0.444 e. The van der Waals surface area contributed by atoms with Crippen molar-refractivity contribution in [1.29, 1.82) is 0 Å². The number of amides is 1. The van der Waals surface area contributed by atoms with Crippen LogP contribution in [0, 0.1) is 6.92 Å². The number of aromatic nitrogens is 2. The van der Waals surface area contributed by atoms with Crippen molar-refractivity contribution in [2.45, 2.75) is 71.1 Å². The molecular weight excluding hydrogens is 378 g/mol. The highest BCUT2D eigenvalue weighted by atomic mass is 16.6. The van der Waals surface area contributed by atoms with Crippen molar-refractivity contribution >= 4 is 22.7 Å². The molecule has 0 atom stereocenters. The zero-order chi connectivity index (χ0) is 21.5. The molecule has 7 nitrogen and oxygen atoms in total. The van der Waals surface area contributed by atoms with Gasteiger partial charge in [-0.2, -0.15) is 5.10 Å². The van der Waals surface area contributed by atoms with Crippen molar-refractivity contribution in [2.75, 3.05) is 31.9 Å². The van der Waals surface area contributed by atoms with Crippen LogP contribution < -0.4 is 5.73 Å². The van der Waals surface area contributed by atoms with E-state index in [1.54, 1.807) is 0 Å². The van der Waals surface area contributed by atoms with Gasteiger partial charge in [-0.3, -0.25) is 4.68 Å². The number of hydrogen-bond acceptors (Lipinski definition) is 5. The molecule has 1 aromatic heterocycles. The standard InChI is InChI=1S/C23H35N5O2/c1-16-20-15-17(24)5-6-21(20)25-28(16)19-9-11-26(12-10-19)18-7-13-27(14-8-18)22(29)30-23(2,3)4/h5-6,15,18-19H,7-14,24H2,1-4H3. The smallest absolute Gasteiger partial charge is 0.410 e. The van der Waals surface area contributed by atoms with E-state index in [4.69, 9.17) is 15.6 Å². The topological polar surface area (TPSA) is 76.6 Å². The molecule has 2 aromatic rings. The Bertz CT molecular complexity index is 900. The van der Waals surface area contributed by atoms with Crippen LogP contribution in [0.5, 0.6) is 0 Å². The minimum atomic E-state index is -0.434. The first-order chi connectivity index (χ1) is 14.2. The number of aryl methyl sites for hydroxylation is 1. The van der Waals surface area contributed by atoms with E-state index in [0.29, 0.717) is 12.1 Å². The fourth-order valence-corrected chi connectivity index (χ4v) is 4.84. The number of nitrogen functional groups attached to an aromatic ring is 1. The summed E-state index contributed by atoms with van der Waals surface area (Å²) in [4.78, 5) is 16.8. The number of fused-ring (bicyclic) bond motifs is 1. The summed E-state index contributed by atoms with van der Waals surface area (Å²) in [6.07, 6.45) is 4.08. The Hall–Kier alpha value is -2.28. The molecule has 2 saturated heterocycles. The van der Waals surface area contributed by atoms with Crippen LogP contribution in [0.3, 0.4) is 0 Å². The molecule has 1 aromatic carbocycles. The number of nitrogens with zero attached hydrogens (tertiary/aromatic N) is 4. The number of carbonyl (C=O) groups is 1. The highest BCUT2D eigenvalue weighted by molar-refractivity contribution is 5.84. The molecule has 4 rings (SSSR count). The van der Waals surface area contributed by atoms with Gasteiger partial charge in [0.1, 0.15) is 5.60 Å². The fraction of sp³-hybridized carbons (Fsp3) is 0.652. The van der Waals surface area contributed by atoms with Crippen molar-refractivity contribution in [3.05, 3.63) is 23.9 Å². The Morgan fingerprint density at radius 3 is 2.33 bits per heavy atom. The number of ether oxygens (including phenoxy) is 1. The highest BCUT2D eigenvalue weighted by Crippen LogP contribution is 2.30. The predicted octanol–water partition coefficient (Wildman–Crippen LogP) is 3.96. The van der Waals surface area contributed by atoms with E-state index in [1.165, 1.54) is 5.69 Å². The summed E-state index contributed by atoms with van der Waals surface area (Å²) in [7, 11) is 0. The first-order valence-corrected chi connectivity index (χ1v) is 11.2. The number of carbonyl (C=O) groups excluding carboxylic acids is 1. The SMILES string of the molecule is Cc1c2cc(N)ccc2nn1C1CCN(C2CCN(C(=O)OC(C)(C)C)CC2)CC1. The van der Waals surface area contributed by atoms with Crippen molar-refractivity contribution in [1.82, 2.24) is 19.6 Å². The van der Waals surface area contributed by atoms with E-state index >= 15 is 0 Å². The maximum Gasteiger partial charge on any atom is 0.410 e. The van der Waals surface area contributed by atoms with Gasteiger partial charge in [0.25, 0.3) is 0 Å². The van der Waals surface area contributed by atoms with Crippen LogP contribution in [0.15, 0.2) is 18.2 Å². The lowest BCUT2D eigenvalue weighted by Gasteiger charge is -2.42. The van der Waals surface area contributed by atoms with Gasteiger partial charge in [-0.15, -0.1) is 0 Å². The molecule has 30 heavy (non-hydrogen) atoms. The lowest BCUT2D eigenvalue weighted by Crippen LogP contribution is -2.50. The van der Waals surface area contributed by atoms with Gasteiger partial charge in [0.05, 0.1) is 11.6 Å². The molecule has 0 saturated carbocycles. The summed E-state index contributed by atoms with van der Waals surface area (Å²) >= 11 is 0. The molecule has 164 valence electrons. The van der Waals surface area contributed by atoms with E-state index in [9.17, 15) is 4.79 Å². The Balaban J connectivity index is 1.31. The first-order valence-electron chi connectivity index (χ1n) is 11.2. The summed E-state index contributed by atoms with van der Waals surface area (Å²) in [5, 5.41) is 6.02. The van der Waals surface area contributed by atoms with Crippen LogP contribution >= 0.6 is 0 Å². The normalized spacial score (nSPS) is 20.1. The van der Waals surface area contributed by atoms with E-state index in [-0.39, 0.29) is 6.09 Å². The summed E-state index contributed by atoms with van der Waals surface area (Å²) < 4.78 is 7.74. The van der Waals surface area contributed by atoms with Crippen LogP contribution in [0.25, 0.3) is 10.9 Å². The van der Waals surface area contributed by atoms with Crippen molar-refractivity contribution in [3.63, 3.8) is 0 Å². The van der Waals surface area contributed by atoms with Gasteiger partial charge >= 0.3 is 6.09 Å². The summed E-state index contributed by atoms with van der Waals surface area (Å²) in [5.41, 5.74) is 8.56. The third-order valence-electron chi connectivity index (χ3n) is 6.45. The molecular formula is C23H35N5O2. The van der Waals surface area contributed by atoms with Crippen LogP contribution in [-0.2, 0) is 4.74 Å². The van der Waals surface area contributed by atoms with Gasteiger partial charge in [-0.05, 0) is 71.6 Å². The van der Waals surface area contributed by atoms with E-state index in [1.807, 2.05) is 43.9 Å². The van der Waals surface area contributed by atoms with Crippen LogP contribution in [0.1, 0.15) is 58.2 Å². The maximum atomic E-state index is 12.3. The van der Waals surface area contributed by atoms with E-state index in [2.05, 4.69) is 16.5 Å². The second kappa shape index (κ2) is 8.10. The second-order valence-corrected chi connectivity index (χ2v) is 9.77. The molecule has 1 amide bonds. The summed E-state index contributed by atoms with van der Waals surface area (Å²) in [6, 6.07) is 6.97. The van der Waals surface area contributed by atoms with Gasteiger partial charge in [0.15, 0.2) is 0 Å². The lowest BCUT2D eigenvalue weighted by atomic mass is 9.98. The Labute approximate surface area is 179 Å². The quantitative estimate of drug-likeness (QED) is 0.754. The number of hydrogen-bond donors (Lipinski definition) is 1. The fourth-order valence-electron chi connectivity index (χ4n) is 4.84. The zero-order valence-electron chi connectivity index (χ0n) is 18.7. The van der Waals surface area contributed by atoms with Crippen LogP contribution in [-0.4, -0.2) is 63.5 Å². The average Bonchev–Trinajstić information content (AvgIpc) is 3.03.